The lowest BCUT2D eigenvalue weighted by Gasteiger charge is -2.14. The van der Waals surface area contributed by atoms with Crippen LogP contribution < -0.4 is 15.8 Å². The smallest absolute Gasteiger partial charge is 0.247 e. The van der Waals surface area contributed by atoms with E-state index in [9.17, 15) is 19.1 Å². The summed E-state index contributed by atoms with van der Waals surface area (Å²) in [4.78, 5) is 34.2. The summed E-state index contributed by atoms with van der Waals surface area (Å²) in [6.45, 7) is 4.65. The molecule has 188 valence electrons. The molecule has 0 saturated carbocycles. The van der Waals surface area contributed by atoms with Crippen LogP contribution in [0.2, 0.25) is 0 Å². The highest BCUT2D eigenvalue weighted by Gasteiger charge is 2.21. The maximum absolute atomic E-state index is 15.0. The van der Waals surface area contributed by atoms with Crippen molar-refractivity contribution in [1.82, 2.24) is 15.3 Å². The van der Waals surface area contributed by atoms with E-state index in [1.807, 2.05) is 6.07 Å². The lowest BCUT2D eigenvalue weighted by Crippen LogP contribution is -2.25. The van der Waals surface area contributed by atoms with Crippen LogP contribution in [0.1, 0.15) is 40.7 Å². The number of ether oxygens (including phenoxy) is 1. The Morgan fingerprint density at radius 1 is 1.17 bits per heavy atom. The fraction of sp³-hybridized carbons (Fsp3) is 0.231. The Morgan fingerprint density at radius 3 is 2.53 bits per heavy atom. The normalized spacial score (nSPS) is 11.6. The highest BCUT2D eigenvalue weighted by atomic mass is 32.2. The molecule has 0 aliphatic rings. The van der Waals surface area contributed by atoms with Gasteiger partial charge >= 0.3 is 0 Å². The Labute approximate surface area is 212 Å². The Bertz CT molecular complexity index is 1280. The standard InChI is InChI=1S/C26H27FN4O4S/c1-15-11-20(35-19-7-5-4-6-8-19)12-21(27)23(15)26(34)36-22(9-10-32)16(2)25(33)30-14-18-13-29-17(3)31-24(18)28/h4-8,11-13,32H,9-10,14H2,1-3H3,(H,30,33)(H2,28,29,31)/b22-16-. The number of thioether (sulfide) groups is 1. The van der Waals surface area contributed by atoms with E-state index in [0.29, 0.717) is 39.4 Å². The number of hydrogen-bond acceptors (Lipinski definition) is 8. The van der Waals surface area contributed by atoms with E-state index in [1.54, 1.807) is 44.2 Å². The number of anilines is 1. The van der Waals surface area contributed by atoms with Crippen molar-refractivity contribution in [2.45, 2.75) is 33.7 Å². The number of carbonyl (C=O) groups excluding carboxylic acids is 2. The molecular formula is C26H27FN4O4S. The third kappa shape index (κ3) is 6.89. The zero-order valence-corrected chi connectivity index (χ0v) is 21.0. The Kier molecular flexibility index (Phi) is 9.15. The molecule has 0 atom stereocenters. The number of amides is 1. The minimum Gasteiger partial charge on any atom is -0.457 e. The molecule has 0 radical (unpaired) electrons. The molecule has 1 heterocycles. The second-order valence-corrected chi connectivity index (χ2v) is 9.00. The van der Waals surface area contributed by atoms with E-state index < -0.39 is 16.8 Å². The van der Waals surface area contributed by atoms with Crippen molar-refractivity contribution >= 4 is 28.6 Å². The van der Waals surface area contributed by atoms with Crippen molar-refractivity contribution in [3.8, 4) is 11.5 Å². The van der Waals surface area contributed by atoms with Gasteiger partial charge in [0.15, 0.2) is 0 Å². The second kappa shape index (κ2) is 12.3. The quantitative estimate of drug-likeness (QED) is 0.360. The molecule has 36 heavy (non-hydrogen) atoms. The Hall–Kier alpha value is -3.76. The Balaban J connectivity index is 1.76. The molecule has 1 amide bonds. The van der Waals surface area contributed by atoms with Crippen LogP contribution in [0.15, 0.2) is 59.1 Å². The molecule has 3 aromatic rings. The molecule has 1 aromatic heterocycles. The van der Waals surface area contributed by atoms with Gasteiger partial charge in [-0.05, 0) is 44.5 Å². The van der Waals surface area contributed by atoms with Crippen molar-refractivity contribution in [3.63, 3.8) is 0 Å². The second-order valence-electron chi connectivity index (χ2n) is 7.93. The van der Waals surface area contributed by atoms with E-state index in [2.05, 4.69) is 15.3 Å². The summed E-state index contributed by atoms with van der Waals surface area (Å²) >= 11 is 0.713. The van der Waals surface area contributed by atoms with Crippen LogP contribution in [-0.4, -0.2) is 32.7 Å². The van der Waals surface area contributed by atoms with Crippen LogP contribution in [0.5, 0.6) is 11.5 Å². The maximum Gasteiger partial charge on any atom is 0.247 e. The fourth-order valence-electron chi connectivity index (χ4n) is 3.32. The molecule has 10 heteroatoms. The van der Waals surface area contributed by atoms with E-state index in [0.717, 1.165) is 6.07 Å². The van der Waals surface area contributed by atoms with Gasteiger partial charge in [0, 0.05) is 47.9 Å². The lowest BCUT2D eigenvalue weighted by atomic mass is 10.1. The monoisotopic (exact) mass is 510 g/mol. The van der Waals surface area contributed by atoms with Crippen LogP contribution in [0.4, 0.5) is 10.2 Å². The largest absolute Gasteiger partial charge is 0.457 e. The molecular weight excluding hydrogens is 483 g/mol. The number of nitrogen functional groups attached to an aromatic ring is 1. The summed E-state index contributed by atoms with van der Waals surface area (Å²) < 4.78 is 20.6. The summed E-state index contributed by atoms with van der Waals surface area (Å²) in [5.74, 6) is 0.384. The molecule has 0 unspecified atom stereocenters. The van der Waals surface area contributed by atoms with Gasteiger partial charge in [0.1, 0.15) is 29.0 Å². The zero-order valence-electron chi connectivity index (χ0n) is 20.2. The summed E-state index contributed by atoms with van der Waals surface area (Å²) in [6, 6.07) is 11.6. The predicted molar refractivity (Wildman–Crippen MR) is 137 cm³/mol. The third-order valence-electron chi connectivity index (χ3n) is 5.22. The molecule has 2 aromatic carbocycles. The molecule has 0 spiro atoms. The van der Waals surface area contributed by atoms with Gasteiger partial charge < -0.3 is 20.9 Å². The molecule has 4 N–H and O–H groups in total. The summed E-state index contributed by atoms with van der Waals surface area (Å²) in [5.41, 5.74) is 6.91. The molecule has 0 saturated heterocycles. The van der Waals surface area contributed by atoms with Crippen LogP contribution >= 0.6 is 11.8 Å². The van der Waals surface area contributed by atoms with Crippen molar-refractivity contribution in [2.75, 3.05) is 12.3 Å². The van der Waals surface area contributed by atoms with E-state index in [1.165, 1.54) is 13.1 Å². The fourth-order valence-corrected chi connectivity index (χ4v) is 4.34. The molecule has 8 nitrogen and oxygen atoms in total. The summed E-state index contributed by atoms with van der Waals surface area (Å²) in [7, 11) is 0. The average Bonchev–Trinajstić information content (AvgIpc) is 2.82. The van der Waals surface area contributed by atoms with Gasteiger partial charge in [-0.2, -0.15) is 0 Å². The number of halogens is 1. The van der Waals surface area contributed by atoms with Gasteiger partial charge in [0.25, 0.3) is 0 Å². The zero-order chi connectivity index (χ0) is 26.2. The van der Waals surface area contributed by atoms with Gasteiger partial charge in [-0.15, -0.1) is 0 Å². The van der Waals surface area contributed by atoms with Crippen LogP contribution in [0, 0.1) is 19.7 Å². The number of hydrogen-bond donors (Lipinski definition) is 3. The molecule has 0 aliphatic heterocycles. The van der Waals surface area contributed by atoms with E-state index in [-0.39, 0.29) is 42.3 Å². The van der Waals surface area contributed by atoms with E-state index >= 15 is 0 Å². The number of aryl methyl sites for hydroxylation is 2. The van der Waals surface area contributed by atoms with Gasteiger partial charge in [-0.25, -0.2) is 14.4 Å². The van der Waals surface area contributed by atoms with Crippen molar-refractivity contribution in [1.29, 1.82) is 0 Å². The molecule has 0 aliphatic carbocycles. The topological polar surface area (TPSA) is 127 Å². The number of rotatable bonds is 9. The number of nitrogens with one attached hydrogen (secondary N) is 1. The number of aromatic nitrogens is 2. The van der Waals surface area contributed by atoms with Gasteiger partial charge in [0.2, 0.25) is 11.0 Å². The van der Waals surface area contributed by atoms with Crippen LogP contribution in [-0.2, 0) is 11.3 Å². The summed E-state index contributed by atoms with van der Waals surface area (Å²) in [6.07, 6.45) is 1.59. The predicted octanol–water partition coefficient (Wildman–Crippen LogP) is 4.45. The highest BCUT2D eigenvalue weighted by molar-refractivity contribution is 8.17. The first-order chi connectivity index (χ1) is 17.2. The van der Waals surface area contributed by atoms with Gasteiger partial charge in [-0.1, -0.05) is 30.0 Å². The van der Waals surface area contributed by atoms with Crippen molar-refractivity contribution in [2.24, 2.45) is 0 Å². The Morgan fingerprint density at radius 2 is 1.89 bits per heavy atom. The molecule has 0 bridgehead atoms. The SMILES string of the molecule is C/C(C(=O)NCc1cnc(C)nc1N)=C(\CCO)SC(=O)c1c(C)cc(Oc2ccccc2)cc1F. The van der Waals surface area contributed by atoms with Crippen LogP contribution in [0.25, 0.3) is 0 Å². The maximum atomic E-state index is 15.0. The van der Waals surface area contributed by atoms with E-state index in [4.69, 9.17) is 10.5 Å². The first-order valence-corrected chi connectivity index (χ1v) is 11.9. The third-order valence-corrected chi connectivity index (χ3v) is 6.36. The minimum atomic E-state index is -0.737. The number of benzene rings is 2. The lowest BCUT2D eigenvalue weighted by molar-refractivity contribution is -0.117. The first kappa shape index (κ1) is 26.8. The number of aliphatic hydroxyl groups is 1. The number of aliphatic hydroxyl groups excluding tert-OH is 1. The number of nitrogens with two attached hydrogens (primary N) is 1. The van der Waals surface area contributed by atoms with Crippen LogP contribution in [0.3, 0.4) is 0 Å². The molecule has 0 fully saturated rings. The van der Waals surface area contributed by atoms with Crippen molar-refractivity contribution in [3.05, 3.63) is 87.5 Å². The summed E-state index contributed by atoms with van der Waals surface area (Å²) in [5, 5.41) is 11.6. The molecule has 3 rings (SSSR count). The number of para-hydroxylation sites is 1. The minimum absolute atomic E-state index is 0.0569. The average molecular weight is 511 g/mol. The first-order valence-electron chi connectivity index (χ1n) is 11.1. The number of carbonyl (C=O) groups is 2. The van der Waals surface area contributed by atoms with Crippen molar-refractivity contribution < 1.29 is 23.8 Å². The highest BCUT2D eigenvalue weighted by Crippen LogP contribution is 2.32. The van der Waals surface area contributed by atoms with Gasteiger partial charge in [-0.3, -0.25) is 9.59 Å². The number of nitrogens with zero attached hydrogens (tertiary/aromatic N) is 2. The van der Waals surface area contributed by atoms with Gasteiger partial charge in [0.05, 0.1) is 5.56 Å².